The summed E-state index contributed by atoms with van der Waals surface area (Å²) < 4.78 is 12.0. The molecule has 1 aromatic carbocycles. The highest BCUT2D eigenvalue weighted by molar-refractivity contribution is 6.09. The zero-order valence-electron chi connectivity index (χ0n) is 21.0. The van der Waals surface area contributed by atoms with E-state index in [1.165, 1.54) is 7.11 Å². The number of nitrogens with one attached hydrogen (secondary N) is 2. The molecule has 4 heterocycles. The first-order valence-electron chi connectivity index (χ1n) is 12.1. The van der Waals surface area contributed by atoms with Gasteiger partial charge in [0.05, 0.1) is 5.41 Å². The predicted molar refractivity (Wildman–Crippen MR) is 132 cm³/mol. The van der Waals surface area contributed by atoms with Gasteiger partial charge in [0.15, 0.2) is 0 Å². The molecule has 8 heteroatoms. The monoisotopic (exact) mass is 479 g/mol. The minimum Gasteiger partial charge on any atom is -0.483 e. The number of hydrogen-bond acceptors (Lipinski definition) is 5. The van der Waals surface area contributed by atoms with Crippen molar-refractivity contribution >= 4 is 29.5 Å². The molecule has 4 aliphatic heterocycles. The summed E-state index contributed by atoms with van der Waals surface area (Å²) in [7, 11) is 1.41. The minimum absolute atomic E-state index is 0.0724. The fourth-order valence-corrected chi connectivity index (χ4v) is 6.00. The van der Waals surface area contributed by atoms with Crippen LogP contribution in [-0.2, 0) is 24.5 Å². The molecular formula is C27H33N3O5. The van der Waals surface area contributed by atoms with Crippen LogP contribution in [-0.4, -0.2) is 53.6 Å². The fraction of sp³-hybridized carbons (Fsp3) is 0.519. The molecule has 3 atom stereocenters. The minimum atomic E-state index is -1.68. The van der Waals surface area contributed by atoms with Gasteiger partial charge in [0.25, 0.3) is 5.91 Å². The highest BCUT2D eigenvalue weighted by Gasteiger charge is 2.64. The first-order valence-corrected chi connectivity index (χ1v) is 12.1. The van der Waals surface area contributed by atoms with Crippen LogP contribution in [0.4, 0.5) is 5.69 Å². The standard InChI is InChI=1S/C27H33N3O5/c1-7-24(2,3)26(15-27(34-6)23(33)30-12-8-9-19(30)21(31)29-27)17-13-16-10-11-25(4,5)35-20(16)14-18(17)28-22(26)32/h7,10-11,13-14,19H,1,8-9,12,15H2,2-6H3,(H,28,32)(H,29,31). The lowest BCUT2D eigenvalue weighted by atomic mass is 9.58. The Balaban J connectivity index is 1.68. The van der Waals surface area contributed by atoms with Gasteiger partial charge in [-0.05, 0) is 44.4 Å². The molecule has 5 rings (SSSR count). The topological polar surface area (TPSA) is 97.0 Å². The SMILES string of the molecule is C=CC(C)(C)C1(CC2(OC)NC(=O)C3CCCN3C2=O)C(=O)Nc2cc3c(cc21)C=CC(C)(C)O3. The van der Waals surface area contributed by atoms with E-state index in [-0.39, 0.29) is 24.1 Å². The molecule has 8 nitrogen and oxygen atoms in total. The predicted octanol–water partition coefficient (Wildman–Crippen LogP) is 3.13. The number of carbonyl (C=O) groups excluding carboxylic acids is 3. The van der Waals surface area contributed by atoms with E-state index in [0.29, 0.717) is 24.4 Å². The number of fused-ring (bicyclic) bond motifs is 3. The normalized spacial score (nSPS) is 30.7. The molecule has 0 aliphatic carbocycles. The second-order valence-electron chi connectivity index (χ2n) is 11.1. The van der Waals surface area contributed by atoms with Gasteiger partial charge >= 0.3 is 0 Å². The number of benzene rings is 1. The maximum atomic E-state index is 13.9. The molecule has 0 spiro atoms. The smallest absolute Gasteiger partial charge is 0.276 e. The van der Waals surface area contributed by atoms with E-state index in [9.17, 15) is 14.4 Å². The second kappa shape index (κ2) is 7.43. The molecule has 0 saturated carbocycles. The summed E-state index contributed by atoms with van der Waals surface area (Å²) in [5, 5.41) is 5.89. The van der Waals surface area contributed by atoms with Gasteiger partial charge in [-0.15, -0.1) is 6.58 Å². The summed E-state index contributed by atoms with van der Waals surface area (Å²) in [6.07, 6.45) is 7.00. The van der Waals surface area contributed by atoms with Crippen LogP contribution < -0.4 is 15.4 Å². The van der Waals surface area contributed by atoms with Crippen LogP contribution in [0.3, 0.4) is 0 Å². The average Bonchev–Trinajstić information content (AvgIpc) is 3.39. The van der Waals surface area contributed by atoms with Crippen LogP contribution in [0.2, 0.25) is 0 Å². The van der Waals surface area contributed by atoms with Gasteiger partial charge in [-0.1, -0.05) is 26.0 Å². The summed E-state index contributed by atoms with van der Waals surface area (Å²) in [5.41, 5.74) is -2.00. The first kappa shape index (κ1) is 23.6. The maximum absolute atomic E-state index is 13.9. The van der Waals surface area contributed by atoms with Crippen LogP contribution in [0.15, 0.2) is 30.9 Å². The van der Waals surface area contributed by atoms with Crippen molar-refractivity contribution in [3.05, 3.63) is 42.0 Å². The van der Waals surface area contributed by atoms with Crippen molar-refractivity contribution in [2.75, 3.05) is 19.0 Å². The Morgan fingerprint density at radius 1 is 1.29 bits per heavy atom. The number of methoxy groups -OCH3 is 1. The quantitative estimate of drug-likeness (QED) is 0.633. The molecule has 186 valence electrons. The Morgan fingerprint density at radius 3 is 2.71 bits per heavy atom. The van der Waals surface area contributed by atoms with Gasteiger partial charge in [0.1, 0.15) is 17.4 Å². The molecule has 2 N–H and O–H groups in total. The van der Waals surface area contributed by atoms with Crippen LogP contribution >= 0.6 is 0 Å². The number of amides is 3. The Labute approximate surface area is 205 Å². The third kappa shape index (κ3) is 3.19. The molecule has 3 amide bonds. The van der Waals surface area contributed by atoms with Crippen LogP contribution in [0.1, 0.15) is 58.1 Å². The lowest BCUT2D eigenvalue weighted by Crippen LogP contribution is -2.72. The number of hydrogen-bond donors (Lipinski definition) is 2. The summed E-state index contributed by atoms with van der Waals surface area (Å²) in [6.45, 7) is 12.3. The number of ether oxygens (including phenoxy) is 2. The molecule has 0 radical (unpaired) electrons. The molecule has 2 saturated heterocycles. The lowest BCUT2D eigenvalue weighted by molar-refractivity contribution is -0.179. The van der Waals surface area contributed by atoms with Gasteiger partial charge in [-0.2, -0.15) is 0 Å². The summed E-state index contributed by atoms with van der Waals surface area (Å²) in [5.74, 6) is -0.166. The highest BCUT2D eigenvalue weighted by atomic mass is 16.5. The van der Waals surface area contributed by atoms with E-state index in [1.807, 2.05) is 52.0 Å². The first-order chi connectivity index (χ1) is 16.4. The number of piperazine rings is 1. The summed E-state index contributed by atoms with van der Waals surface area (Å²) >= 11 is 0. The van der Waals surface area contributed by atoms with E-state index < -0.39 is 28.2 Å². The molecule has 35 heavy (non-hydrogen) atoms. The van der Waals surface area contributed by atoms with Gasteiger partial charge in [0, 0.05) is 42.8 Å². The van der Waals surface area contributed by atoms with E-state index in [1.54, 1.807) is 11.0 Å². The third-order valence-corrected chi connectivity index (χ3v) is 8.24. The molecule has 4 aliphatic rings. The van der Waals surface area contributed by atoms with Crippen molar-refractivity contribution in [3.63, 3.8) is 0 Å². The molecule has 2 fully saturated rings. The van der Waals surface area contributed by atoms with Gasteiger partial charge < -0.3 is 25.0 Å². The average molecular weight is 480 g/mol. The van der Waals surface area contributed by atoms with Crippen molar-refractivity contribution in [2.45, 2.75) is 69.7 Å². The number of nitrogens with zero attached hydrogens (tertiary/aromatic N) is 1. The lowest BCUT2D eigenvalue weighted by Gasteiger charge is -2.49. The Kier molecular flexibility index (Phi) is 5.01. The zero-order chi connectivity index (χ0) is 25.4. The van der Waals surface area contributed by atoms with Crippen molar-refractivity contribution in [3.8, 4) is 5.75 Å². The van der Waals surface area contributed by atoms with E-state index in [0.717, 1.165) is 17.5 Å². The fourth-order valence-electron chi connectivity index (χ4n) is 6.00. The third-order valence-electron chi connectivity index (χ3n) is 8.24. The largest absolute Gasteiger partial charge is 0.483 e. The number of anilines is 1. The van der Waals surface area contributed by atoms with E-state index in [2.05, 4.69) is 17.2 Å². The number of rotatable bonds is 5. The Hall–Kier alpha value is -3.13. The van der Waals surface area contributed by atoms with Crippen molar-refractivity contribution in [1.29, 1.82) is 0 Å². The number of allylic oxidation sites excluding steroid dienone is 1. The van der Waals surface area contributed by atoms with Gasteiger partial charge in [-0.25, -0.2) is 0 Å². The highest BCUT2D eigenvalue weighted by Crippen LogP contribution is 2.56. The van der Waals surface area contributed by atoms with Crippen LogP contribution in [0, 0.1) is 5.41 Å². The number of carbonyl (C=O) groups is 3. The van der Waals surface area contributed by atoms with Crippen molar-refractivity contribution < 1.29 is 23.9 Å². The second-order valence-corrected chi connectivity index (χ2v) is 11.1. The zero-order valence-corrected chi connectivity index (χ0v) is 21.0. The van der Waals surface area contributed by atoms with Crippen molar-refractivity contribution in [1.82, 2.24) is 10.2 Å². The van der Waals surface area contributed by atoms with Crippen molar-refractivity contribution in [2.24, 2.45) is 5.41 Å². The molecular weight excluding hydrogens is 446 g/mol. The Bertz CT molecular complexity index is 1190. The molecule has 0 aromatic heterocycles. The Morgan fingerprint density at radius 2 is 2.03 bits per heavy atom. The maximum Gasteiger partial charge on any atom is 0.276 e. The van der Waals surface area contributed by atoms with E-state index >= 15 is 0 Å². The summed E-state index contributed by atoms with van der Waals surface area (Å²) in [4.78, 5) is 42.3. The van der Waals surface area contributed by atoms with Crippen LogP contribution in [0.25, 0.3) is 6.08 Å². The molecule has 3 unspecified atom stereocenters. The molecule has 1 aromatic rings. The summed E-state index contributed by atoms with van der Waals surface area (Å²) in [6, 6.07) is 3.29. The van der Waals surface area contributed by atoms with Crippen LogP contribution in [0.5, 0.6) is 5.75 Å². The van der Waals surface area contributed by atoms with Gasteiger partial charge in [-0.3, -0.25) is 14.4 Å². The molecule has 0 bridgehead atoms. The van der Waals surface area contributed by atoms with Gasteiger partial charge in [0.2, 0.25) is 17.5 Å². The van der Waals surface area contributed by atoms with E-state index in [4.69, 9.17) is 9.47 Å².